The van der Waals surface area contributed by atoms with Crippen molar-refractivity contribution < 1.29 is 9.59 Å². The van der Waals surface area contributed by atoms with Crippen LogP contribution in [0.4, 0.5) is 0 Å². The molecule has 1 atom stereocenters. The molecule has 1 unspecified atom stereocenters. The van der Waals surface area contributed by atoms with Crippen LogP contribution in [-0.4, -0.2) is 36.3 Å². The Hall–Kier alpha value is -1.10. The van der Waals surface area contributed by atoms with Gasteiger partial charge in [0.05, 0.1) is 12.5 Å². The van der Waals surface area contributed by atoms with E-state index in [9.17, 15) is 9.59 Å². The predicted molar refractivity (Wildman–Crippen MR) is 54.3 cm³/mol. The Bertz CT molecular complexity index is 206. The highest BCUT2D eigenvalue weighted by Crippen LogP contribution is 1.97. The monoisotopic (exact) mass is 201 g/mol. The summed E-state index contributed by atoms with van der Waals surface area (Å²) >= 11 is 0. The molecule has 0 aromatic heterocycles. The van der Waals surface area contributed by atoms with Crippen LogP contribution in [0.3, 0.4) is 0 Å². The van der Waals surface area contributed by atoms with Crippen molar-refractivity contribution in [1.82, 2.24) is 4.90 Å². The lowest BCUT2D eigenvalue weighted by Crippen LogP contribution is -2.44. The van der Waals surface area contributed by atoms with Gasteiger partial charge in [-0.2, -0.15) is 0 Å². The Labute approximate surface area is 84.4 Å². The predicted octanol–water partition coefficient (Wildman–Crippen LogP) is -0.552. The van der Waals surface area contributed by atoms with Gasteiger partial charge in [0.25, 0.3) is 0 Å². The lowest BCUT2D eigenvalue weighted by Gasteiger charge is -2.20. The van der Waals surface area contributed by atoms with Gasteiger partial charge in [-0.05, 0) is 6.42 Å². The largest absolute Gasteiger partial charge is 0.370 e. The second-order valence-corrected chi connectivity index (χ2v) is 3.39. The Kier molecular flexibility index (Phi) is 5.87. The van der Waals surface area contributed by atoms with Gasteiger partial charge < -0.3 is 16.4 Å². The molecule has 14 heavy (non-hydrogen) atoms. The summed E-state index contributed by atoms with van der Waals surface area (Å²) in [6, 6.07) is -0.797. The van der Waals surface area contributed by atoms with E-state index in [0.29, 0.717) is 6.54 Å². The molecular formula is C9H19N3O2. The van der Waals surface area contributed by atoms with Gasteiger partial charge in [0, 0.05) is 13.6 Å². The molecule has 4 N–H and O–H groups in total. The normalized spacial score (nSPS) is 12.2. The maximum Gasteiger partial charge on any atom is 0.239 e. The minimum absolute atomic E-state index is 0.0880. The smallest absolute Gasteiger partial charge is 0.239 e. The van der Waals surface area contributed by atoms with Crippen molar-refractivity contribution >= 4 is 11.8 Å². The van der Waals surface area contributed by atoms with E-state index < -0.39 is 11.9 Å². The molecule has 0 aliphatic heterocycles. The number of hydrogen-bond donors (Lipinski definition) is 2. The number of hydrogen-bond acceptors (Lipinski definition) is 3. The average molecular weight is 201 g/mol. The topological polar surface area (TPSA) is 89.4 Å². The van der Waals surface area contributed by atoms with Gasteiger partial charge in [-0.25, -0.2) is 0 Å². The fraction of sp³-hybridized carbons (Fsp3) is 0.778. The highest BCUT2D eigenvalue weighted by molar-refractivity contribution is 5.87. The number of carbonyl (C=O) groups is 2. The number of unbranched alkanes of at least 4 members (excludes halogenated alkanes) is 1. The van der Waals surface area contributed by atoms with E-state index in [-0.39, 0.29) is 12.3 Å². The van der Waals surface area contributed by atoms with E-state index in [1.54, 1.807) is 7.05 Å². The van der Waals surface area contributed by atoms with Crippen LogP contribution in [0.2, 0.25) is 0 Å². The first kappa shape index (κ1) is 12.9. The first-order valence-corrected chi connectivity index (χ1v) is 4.77. The van der Waals surface area contributed by atoms with E-state index in [0.717, 1.165) is 12.8 Å². The molecule has 82 valence electrons. The van der Waals surface area contributed by atoms with Crippen molar-refractivity contribution in [3.05, 3.63) is 0 Å². The molecule has 0 aliphatic rings. The SMILES string of the molecule is CCCCN(C)C(=O)C(N)CC(N)=O. The summed E-state index contributed by atoms with van der Waals surface area (Å²) in [5.74, 6) is -0.771. The van der Waals surface area contributed by atoms with Crippen LogP contribution in [0.25, 0.3) is 0 Å². The van der Waals surface area contributed by atoms with Crippen LogP contribution in [0.5, 0.6) is 0 Å². The molecule has 0 aromatic rings. The van der Waals surface area contributed by atoms with E-state index in [1.807, 2.05) is 6.92 Å². The van der Waals surface area contributed by atoms with Crippen molar-refractivity contribution in [2.75, 3.05) is 13.6 Å². The summed E-state index contributed by atoms with van der Waals surface area (Å²) in [5.41, 5.74) is 10.4. The van der Waals surface area contributed by atoms with E-state index in [2.05, 4.69) is 0 Å². The third-order valence-electron chi connectivity index (χ3n) is 1.96. The Morgan fingerprint density at radius 1 is 1.43 bits per heavy atom. The number of primary amides is 1. The molecule has 0 heterocycles. The maximum absolute atomic E-state index is 11.5. The molecule has 0 spiro atoms. The molecule has 0 fully saturated rings. The van der Waals surface area contributed by atoms with E-state index >= 15 is 0 Å². The molecule has 0 radical (unpaired) electrons. The number of nitrogens with two attached hydrogens (primary N) is 2. The first-order valence-electron chi connectivity index (χ1n) is 4.77. The zero-order valence-electron chi connectivity index (χ0n) is 8.82. The second-order valence-electron chi connectivity index (χ2n) is 3.39. The van der Waals surface area contributed by atoms with Gasteiger partial charge in [0.15, 0.2) is 0 Å². The van der Waals surface area contributed by atoms with Crippen LogP contribution in [-0.2, 0) is 9.59 Å². The summed E-state index contributed by atoms with van der Waals surface area (Å²) in [5, 5.41) is 0. The maximum atomic E-state index is 11.5. The molecule has 0 aromatic carbocycles. The number of carbonyl (C=O) groups excluding carboxylic acids is 2. The van der Waals surface area contributed by atoms with Gasteiger partial charge in [-0.15, -0.1) is 0 Å². The highest BCUT2D eigenvalue weighted by atomic mass is 16.2. The van der Waals surface area contributed by atoms with Crippen molar-refractivity contribution in [3.8, 4) is 0 Å². The fourth-order valence-corrected chi connectivity index (χ4v) is 1.09. The summed E-state index contributed by atoms with van der Waals surface area (Å²) in [6.07, 6.45) is 1.86. The summed E-state index contributed by atoms with van der Waals surface area (Å²) in [4.78, 5) is 23.5. The van der Waals surface area contributed by atoms with Gasteiger partial charge >= 0.3 is 0 Å². The van der Waals surface area contributed by atoms with Gasteiger partial charge in [-0.1, -0.05) is 13.3 Å². The minimum Gasteiger partial charge on any atom is -0.370 e. The number of amides is 2. The molecule has 0 bridgehead atoms. The van der Waals surface area contributed by atoms with Crippen molar-refractivity contribution in [1.29, 1.82) is 0 Å². The molecule has 2 amide bonds. The Balaban J connectivity index is 3.97. The van der Waals surface area contributed by atoms with Gasteiger partial charge in [0.1, 0.15) is 0 Å². The Morgan fingerprint density at radius 2 is 2.00 bits per heavy atom. The van der Waals surface area contributed by atoms with E-state index in [1.165, 1.54) is 4.90 Å². The van der Waals surface area contributed by atoms with Crippen molar-refractivity contribution in [3.63, 3.8) is 0 Å². The summed E-state index contributed by atoms with van der Waals surface area (Å²) in [7, 11) is 1.68. The van der Waals surface area contributed by atoms with Crippen LogP contribution in [0.15, 0.2) is 0 Å². The number of rotatable bonds is 6. The summed E-state index contributed by atoms with van der Waals surface area (Å²) < 4.78 is 0. The molecular weight excluding hydrogens is 182 g/mol. The quantitative estimate of drug-likeness (QED) is 0.604. The minimum atomic E-state index is -0.797. The van der Waals surface area contributed by atoms with Gasteiger partial charge in [0.2, 0.25) is 11.8 Å². The first-order chi connectivity index (χ1) is 6.49. The molecule has 0 aliphatic carbocycles. The molecule has 0 saturated heterocycles. The van der Waals surface area contributed by atoms with Crippen LogP contribution >= 0.6 is 0 Å². The molecule has 5 nitrogen and oxygen atoms in total. The molecule has 0 rings (SSSR count). The standard InChI is InChI=1S/C9H19N3O2/c1-3-4-5-12(2)9(14)7(10)6-8(11)13/h7H,3-6,10H2,1-2H3,(H2,11,13). The lowest BCUT2D eigenvalue weighted by atomic mass is 10.2. The number of likely N-dealkylation sites (N-methyl/N-ethyl adjacent to an activating group) is 1. The highest BCUT2D eigenvalue weighted by Gasteiger charge is 2.19. The van der Waals surface area contributed by atoms with Gasteiger partial charge in [-0.3, -0.25) is 9.59 Å². The van der Waals surface area contributed by atoms with E-state index in [4.69, 9.17) is 11.5 Å². The van der Waals surface area contributed by atoms with Crippen molar-refractivity contribution in [2.24, 2.45) is 11.5 Å². The average Bonchev–Trinajstić information content (AvgIpc) is 2.11. The lowest BCUT2D eigenvalue weighted by molar-refractivity contribution is -0.133. The zero-order valence-corrected chi connectivity index (χ0v) is 8.82. The fourth-order valence-electron chi connectivity index (χ4n) is 1.09. The van der Waals surface area contributed by atoms with Crippen molar-refractivity contribution in [2.45, 2.75) is 32.2 Å². The third-order valence-corrected chi connectivity index (χ3v) is 1.96. The zero-order chi connectivity index (χ0) is 11.1. The van der Waals surface area contributed by atoms with Crippen LogP contribution in [0.1, 0.15) is 26.2 Å². The molecule has 5 heteroatoms. The van der Waals surface area contributed by atoms with Crippen LogP contribution < -0.4 is 11.5 Å². The Morgan fingerprint density at radius 3 is 2.43 bits per heavy atom. The summed E-state index contributed by atoms with van der Waals surface area (Å²) in [6.45, 7) is 2.71. The van der Waals surface area contributed by atoms with Crippen LogP contribution in [0, 0.1) is 0 Å². The number of nitrogens with zero attached hydrogens (tertiary/aromatic N) is 1. The third kappa shape index (κ3) is 4.81. The second kappa shape index (κ2) is 6.37. The molecule has 0 saturated carbocycles.